The molecule has 0 fully saturated rings. The van der Waals surface area contributed by atoms with Crippen LogP contribution in [0.5, 0.6) is 0 Å². The van der Waals surface area contributed by atoms with E-state index in [1.807, 2.05) is 24.3 Å². The molecule has 1 aliphatic rings. The first kappa shape index (κ1) is 17.6. The molecule has 1 aromatic heterocycles. The lowest BCUT2D eigenvalue weighted by Gasteiger charge is -2.12. The average Bonchev–Trinajstić information content (AvgIpc) is 3.10. The van der Waals surface area contributed by atoms with Crippen LogP contribution >= 0.6 is 0 Å². The fourth-order valence-corrected chi connectivity index (χ4v) is 3.02. The van der Waals surface area contributed by atoms with Crippen molar-refractivity contribution in [2.24, 2.45) is 0 Å². The normalized spacial score (nSPS) is 12.3. The van der Waals surface area contributed by atoms with E-state index in [4.69, 9.17) is 4.74 Å². The summed E-state index contributed by atoms with van der Waals surface area (Å²) in [5.41, 5.74) is 2.99. The second kappa shape index (κ2) is 7.77. The molecule has 26 heavy (non-hydrogen) atoms. The fourth-order valence-electron chi connectivity index (χ4n) is 3.02. The van der Waals surface area contributed by atoms with Gasteiger partial charge in [0.05, 0.1) is 11.1 Å². The van der Waals surface area contributed by atoms with Crippen LogP contribution < -0.4 is 10.6 Å². The molecule has 134 valence electrons. The number of fused-ring (bicyclic) bond motifs is 2. The SMILES string of the molecule is C=CCNC(=O)NC(=O)COC(=O)c1c2c(nc3ccccc13)CCC2. The molecule has 0 spiro atoms. The highest BCUT2D eigenvalue weighted by molar-refractivity contribution is 6.06. The second-order valence-corrected chi connectivity index (χ2v) is 5.91. The zero-order valence-corrected chi connectivity index (χ0v) is 14.2. The van der Waals surface area contributed by atoms with Crippen LogP contribution in [0.4, 0.5) is 4.79 Å². The number of para-hydroxylation sites is 1. The van der Waals surface area contributed by atoms with Crippen LogP contribution in [0, 0.1) is 0 Å². The summed E-state index contributed by atoms with van der Waals surface area (Å²) < 4.78 is 5.15. The molecule has 3 rings (SSSR count). The van der Waals surface area contributed by atoms with Crippen molar-refractivity contribution in [3.05, 3.63) is 53.7 Å². The number of benzene rings is 1. The van der Waals surface area contributed by atoms with E-state index in [9.17, 15) is 14.4 Å². The van der Waals surface area contributed by atoms with Gasteiger partial charge in [0.1, 0.15) is 0 Å². The molecule has 1 heterocycles. The first-order valence-corrected chi connectivity index (χ1v) is 8.36. The highest BCUT2D eigenvalue weighted by Crippen LogP contribution is 2.30. The smallest absolute Gasteiger partial charge is 0.339 e. The topological polar surface area (TPSA) is 97.4 Å². The Balaban J connectivity index is 1.73. The standard InChI is InChI=1S/C19H19N3O4/c1-2-10-20-19(25)22-16(23)11-26-18(24)17-12-6-3-4-8-14(12)21-15-9-5-7-13(15)17/h2-4,6,8H,1,5,7,9-11H2,(H2,20,22,23,25). The van der Waals surface area contributed by atoms with Crippen LogP contribution in [0.25, 0.3) is 10.9 Å². The summed E-state index contributed by atoms with van der Waals surface area (Å²) in [6.45, 7) is 3.15. The number of hydrogen-bond donors (Lipinski definition) is 2. The molecule has 0 unspecified atom stereocenters. The van der Waals surface area contributed by atoms with Crippen LogP contribution in [-0.2, 0) is 22.4 Å². The molecule has 1 aliphatic carbocycles. The number of nitrogens with zero attached hydrogens (tertiary/aromatic N) is 1. The number of imide groups is 1. The molecule has 0 saturated heterocycles. The lowest BCUT2D eigenvalue weighted by Crippen LogP contribution is -2.41. The van der Waals surface area contributed by atoms with Crippen molar-refractivity contribution >= 4 is 28.8 Å². The van der Waals surface area contributed by atoms with E-state index < -0.39 is 24.5 Å². The van der Waals surface area contributed by atoms with Gasteiger partial charge >= 0.3 is 12.0 Å². The molecule has 2 aromatic rings. The summed E-state index contributed by atoms with van der Waals surface area (Å²) in [5, 5.41) is 5.20. The van der Waals surface area contributed by atoms with Gasteiger partial charge < -0.3 is 10.1 Å². The molecule has 0 radical (unpaired) electrons. The molecule has 3 amide bonds. The van der Waals surface area contributed by atoms with Gasteiger partial charge in [-0.1, -0.05) is 24.3 Å². The number of ether oxygens (including phenoxy) is 1. The quantitative estimate of drug-likeness (QED) is 0.632. The number of amides is 3. The summed E-state index contributed by atoms with van der Waals surface area (Å²) in [5.74, 6) is -1.28. The van der Waals surface area contributed by atoms with Gasteiger partial charge in [-0.2, -0.15) is 0 Å². The monoisotopic (exact) mass is 353 g/mol. The number of aromatic nitrogens is 1. The molecular formula is C19H19N3O4. The summed E-state index contributed by atoms with van der Waals surface area (Å²) >= 11 is 0. The molecule has 0 saturated carbocycles. The Morgan fingerprint density at radius 1 is 1.23 bits per heavy atom. The van der Waals surface area contributed by atoms with Crippen molar-refractivity contribution in [1.29, 1.82) is 0 Å². The van der Waals surface area contributed by atoms with Crippen molar-refractivity contribution in [1.82, 2.24) is 15.6 Å². The van der Waals surface area contributed by atoms with Gasteiger partial charge in [0.2, 0.25) is 0 Å². The third-order valence-electron chi connectivity index (χ3n) is 4.12. The van der Waals surface area contributed by atoms with E-state index in [1.54, 1.807) is 0 Å². The van der Waals surface area contributed by atoms with Crippen molar-refractivity contribution < 1.29 is 19.1 Å². The molecule has 0 atom stereocenters. The van der Waals surface area contributed by atoms with Crippen molar-refractivity contribution in [2.75, 3.05) is 13.2 Å². The van der Waals surface area contributed by atoms with Gasteiger partial charge in [0.25, 0.3) is 5.91 Å². The van der Waals surface area contributed by atoms with Crippen LogP contribution in [0.2, 0.25) is 0 Å². The maximum absolute atomic E-state index is 12.6. The van der Waals surface area contributed by atoms with Crippen LogP contribution in [0.15, 0.2) is 36.9 Å². The first-order chi connectivity index (χ1) is 12.6. The number of rotatable bonds is 5. The van der Waals surface area contributed by atoms with Crippen LogP contribution in [-0.4, -0.2) is 36.0 Å². The maximum Gasteiger partial charge on any atom is 0.339 e. The molecule has 7 heteroatoms. The Morgan fingerprint density at radius 2 is 2.04 bits per heavy atom. The molecule has 0 bridgehead atoms. The van der Waals surface area contributed by atoms with E-state index >= 15 is 0 Å². The molecule has 0 aliphatic heterocycles. The number of aryl methyl sites for hydroxylation is 1. The Kier molecular flexibility index (Phi) is 5.26. The zero-order valence-electron chi connectivity index (χ0n) is 14.2. The number of carbonyl (C=O) groups excluding carboxylic acids is 3. The molecular weight excluding hydrogens is 334 g/mol. The second-order valence-electron chi connectivity index (χ2n) is 5.91. The van der Waals surface area contributed by atoms with E-state index in [0.29, 0.717) is 10.9 Å². The van der Waals surface area contributed by atoms with Gasteiger partial charge in [-0.05, 0) is 30.9 Å². The average molecular weight is 353 g/mol. The number of carbonyl (C=O) groups is 3. The molecule has 2 N–H and O–H groups in total. The largest absolute Gasteiger partial charge is 0.452 e. The summed E-state index contributed by atoms with van der Waals surface area (Å²) in [7, 11) is 0. The van der Waals surface area contributed by atoms with Gasteiger partial charge in [-0.3, -0.25) is 15.1 Å². The minimum atomic E-state index is -0.699. The number of urea groups is 1. The highest BCUT2D eigenvalue weighted by Gasteiger charge is 2.25. The minimum Gasteiger partial charge on any atom is -0.452 e. The van der Waals surface area contributed by atoms with Crippen molar-refractivity contribution in [2.45, 2.75) is 19.3 Å². The zero-order chi connectivity index (χ0) is 18.5. The Labute approximate surface area is 150 Å². The maximum atomic E-state index is 12.6. The minimum absolute atomic E-state index is 0.230. The van der Waals surface area contributed by atoms with Gasteiger partial charge in [0.15, 0.2) is 6.61 Å². The van der Waals surface area contributed by atoms with Crippen molar-refractivity contribution in [3.8, 4) is 0 Å². The predicted octanol–water partition coefficient (Wildman–Crippen LogP) is 1.89. The van der Waals surface area contributed by atoms with E-state index in [-0.39, 0.29) is 6.54 Å². The van der Waals surface area contributed by atoms with Crippen molar-refractivity contribution in [3.63, 3.8) is 0 Å². The van der Waals surface area contributed by atoms with E-state index in [0.717, 1.165) is 36.0 Å². The van der Waals surface area contributed by atoms with Gasteiger partial charge in [0, 0.05) is 17.6 Å². The third kappa shape index (κ3) is 3.72. The van der Waals surface area contributed by atoms with Gasteiger partial charge in [-0.25, -0.2) is 9.59 Å². The predicted molar refractivity (Wildman–Crippen MR) is 95.8 cm³/mol. The number of hydrogen-bond acceptors (Lipinski definition) is 5. The fraction of sp³-hybridized carbons (Fsp3) is 0.263. The highest BCUT2D eigenvalue weighted by atomic mass is 16.5. The Hall–Kier alpha value is -3.22. The number of pyridine rings is 1. The lowest BCUT2D eigenvalue weighted by atomic mass is 10.0. The van der Waals surface area contributed by atoms with Gasteiger partial charge in [-0.15, -0.1) is 6.58 Å². The first-order valence-electron chi connectivity index (χ1n) is 8.36. The number of esters is 1. The van der Waals surface area contributed by atoms with E-state index in [2.05, 4.69) is 22.2 Å². The Morgan fingerprint density at radius 3 is 2.85 bits per heavy atom. The van der Waals surface area contributed by atoms with E-state index in [1.165, 1.54) is 6.08 Å². The molecule has 1 aromatic carbocycles. The molecule has 7 nitrogen and oxygen atoms in total. The lowest BCUT2D eigenvalue weighted by molar-refractivity contribution is -0.123. The number of nitrogens with one attached hydrogen (secondary N) is 2. The summed E-state index contributed by atoms with van der Waals surface area (Å²) in [4.78, 5) is 40.4. The summed E-state index contributed by atoms with van der Waals surface area (Å²) in [6, 6.07) is 6.70. The Bertz CT molecular complexity index is 892. The van der Waals surface area contributed by atoms with Crippen LogP contribution in [0.3, 0.4) is 0 Å². The summed E-state index contributed by atoms with van der Waals surface area (Å²) in [6.07, 6.45) is 4.00. The van der Waals surface area contributed by atoms with Crippen LogP contribution in [0.1, 0.15) is 28.0 Å². The third-order valence-corrected chi connectivity index (χ3v) is 4.12.